The Balaban J connectivity index is 1.75. The summed E-state index contributed by atoms with van der Waals surface area (Å²) in [5, 5.41) is 0.0894. The summed E-state index contributed by atoms with van der Waals surface area (Å²) in [6.07, 6.45) is 0.119. The molecule has 3 nitrogen and oxygen atoms in total. The number of thioether (sulfide) groups is 1. The van der Waals surface area contributed by atoms with E-state index < -0.39 is 5.25 Å². The zero-order valence-corrected chi connectivity index (χ0v) is 15.3. The summed E-state index contributed by atoms with van der Waals surface area (Å²) in [4.78, 5) is 26.6. The predicted octanol–water partition coefficient (Wildman–Crippen LogP) is 4.65. The van der Waals surface area contributed by atoms with Crippen LogP contribution in [0.5, 0.6) is 0 Å². The number of anilines is 1. The molecular weight excluding hydrogens is 362 g/mol. The quantitative estimate of drug-likeness (QED) is 0.575. The number of benzene rings is 2. The van der Waals surface area contributed by atoms with Crippen molar-refractivity contribution in [3.63, 3.8) is 0 Å². The van der Waals surface area contributed by atoms with Crippen molar-refractivity contribution in [1.29, 1.82) is 0 Å². The molecule has 1 aliphatic heterocycles. The van der Waals surface area contributed by atoms with E-state index >= 15 is 0 Å². The molecule has 122 valence electrons. The molecule has 1 unspecified atom stereocenters. The van der Waals surface area contributed by atoms with Gasteiger partial charge in [-0.1, -0.05) is 53.3 Å². The van der Waals surface area contributed by atoms with Crippen molar-refractivity contribution in [2.45, 2.75) is 18.6 Å². The Morgan fingerprint density at radius 2 is 1.79 bits per heavy atom. The Morgan fingerprint density at radius 1 is 1.17 bits per heavy atom. The smallest absolute Gasteiger partial charge is 0.246 e. The summed E-state index contributed by atoms with van der Waals surface area (Å²) in [7, 11) is 0. The third kappa shape index (κ3) is 3.53. The fourth-order valence-electron chi connectivity index (χ4n) is 2.44. The number of thiocarbonyl (C=S) groups is 1. The number of ketones is 1. The fraction of sp³-hybridized carbons (Fsp3) is 0.167. The molecule has 0 aromatic heterocycles. The van der Waals surface area contributed by atoms with Crippen molar-refractivity contribution >= 4 is 57.3 Å². The highest BCUT2D eigenvalue weighted by atomic mass is 35.5. The van der Waals surface area contributed by atoms with E-state index in [0.29, 0.717) is 14.9 Å². The van der Waals surface area contributed by atoms with Crippen LogP contribution in [0.4, 0.5) is 5.69 Å². The maximum Gasteiger partial charge on any atom is 0.246 e. The Bertz CT molecular complexity index is 803. The summed E-state index contributed by atoms with van der Waals surface area (Å²) >= 11 is 12.4. The lowest BCUT2D eigenvalue weighted by molar-refractivity contribution is -0.116. The van der Waals surface area contributed by atoms with Gasteiger partial charge in [-0.2, -0.15) is 0 Å². The molecule has 0 saturated carbocycles. The summed E-state index contributed by atoms with van der Waals surface area (Å²) < 4.78 is 0.484. The molecule has 0 bridgehead atoms. The van der Waals surface area contributed by atoms with E-state index in [1.807, 2.05) is 31.2 Å². The molecule has 3 rings (SSSR count). The maximum atomic E-state index is 12.7. The van der Waals surface area contributed by atoms with Crippen LogP contribution in [0.2, 0.25) is 5.02 Å². The first-order valence-corrected chi connectivity index (χ1v) is 9.02. The third-order valence-corrected chi connectivity index (χ3v) is 5.51. The van der Waals surface area contributed by atoms with E-state index in [-0.39, 0.29) is 18.1 Å². The van der Waals surface area contributed by atoms with Crippen LogP contribution in [0.3, 0.4) is 0 Å². The van der Waals surface area contributed by atoms with Crippen LogP contribution in [0.25, 0.3) is 0 Å². The van der Waals surface area contributed by atoms with E-state index in [0.717, 1.165) is 11.3 Å². The summed E-state index contributed by atoms with van der Waals surface area (Å²) in [6, 6.07) is 14.3. The van der Waals surface area contributed by atoms with Gasteiger partial charge in [0.25, 0.3) is 0 Å². The van der Waals surface area contributed by atoms with Crippen molar-refractivity contribution in [2.24, 2.45) is 0 Å². The van der Waals surface area contributed by atoms with Gasteiger partial charge in [0.05, 0.1) is 10.9 Å². The normalized spacial score (nSPS) is 17.4. The Kier molecular flexibility index (Phi) is 5.04. The van der Waals surface area contributed by atoms with Crippen LogP contribution in [-0.4, -0.2) is 21.3 Å². The first kappa shape index (κ1) is 17.1. The topological polar surface area (TPSA) is 37.4 Å². The molecule has 0 spiro atoms. The van der Waals surface area contributed by atoms with Gasteiger partial charge in [-0.05, 0) is 43.3 Å². The van der Waals surface area contributed by atoms with Gasteiger partial charge in [-0.3, -0.25) is 14.5 Å². The highest BCUT2D eigenvalue weighted by molar-refractivity contribution is 8.25. The minimum Gasteiger partial charge on any atom is -0.294 e. The molecule has 1 heterocycles. The van der Waals surface area contributed by atoms with Gasteiger partial charge < -0.3 is 0 Å². The third-order valence-electron chi connectivity index (χ3n) is 3.75. The second-order valence-corrected chi connectivity index (χ2v) is 7.79. The van der Waals surface area contributed by atoms with Crippen LogP contribution in [0.15, 0.2) is 48.5 Å². The number of hydrogen-bond acceptors (Lipinski definition) is 4. The number of carbonyl (C=O) groups excluding carboxylic acids is 2. The standard InChI is InChI=1S/C18H14ClNO2S2/c1-11-2-8-14(9-3-11)20-17(22)16(24-18(20)23)10-15(21)12-4-6-13(19)7-5-12/h2-9,16H,10H2,1H3. The van der Waals surface area contributed by atoms with E-state index in [4.69, 9.17) is 23.8 Å². The molecule has 2 aromatic rings. The van der Waals surface area contributed by atoms with Crippen LogP contribution in [0.1, 0.15) is 22.3 Å². The Hall–Kier alpha value is -1.69. The van der Waals surface area contributed by atoms with Gasteiger partial charge in [0, 0.05) is 17.0 Å². The van der Waals surface area contributed by atoms with Crippen molar-refractivity contribution in [1.82, 2.24) is 0 Å². The summed E-state index contributed by atoms with van der Waals surface area (Å²) in [5.74, 6) is -0.234. The molecule has 2 aromatic carbocycles. The molecule has 0 radical (unpaired) electrons. The van der Waals surface area contributed by atoms with E-state index in [1.54, 1.807) is 24.3 Å². The molecule has 6 heteroatoms. The number of carbonyl (C=O) groups is 2. The van der Waals surface area contributed by atoms with Gasteiger partial charge in [-0.25, -0.2) is 0 Å². The lowest BCUT2D eigenvalue weighted by Gasteiger charge is -2.15. The van der Waals surface area contributed by atoms with Crippen molar-refractivity contribution in [3.05, 3.63) is 64.7 Å². The highest BCUT2D eigenvalue weighted by Gasteiger charge is 2.39. The monoisotopic (exact) mass is 375 g/mol. The number of aryl methyl sites for hydroxylation is 1. The molecule has 0 aliphatic carbocycles. The van der Waals surface area contributed by atoms with Crippen LogP contribution >= 0.6 is 35.6 Å². The van der Waals surface area contributed by atoms with Gasteiger partial charge in [0.15, 0.2) is 5.78 Å². The average Bonchev–Trinajstić information content (AvgIpc) is 2.83. The molecule has 1 fully saturated rings. The zero-order valence-electron chi connectivity index (χ0n) is 12.9. The van der Waals surface area contributed by atoms with Gasteiger partial charge >= 0.3 is 0 Å². The number of Topliss-reactive ketones (excluding diaryl/α,β-unsaturated/α-hetero) is 1. The highest BCUT2D eigenvalue weighted by Crippen LogP contribution is 2.34. The maximum absolute atomic E-state index is 12.7. The SMILES string of the molecule is Cc1ccc(N2C(=O)C(CC(=O)c3ccc(Cl)cc3)SC2=S)cc1. The number of nitrogens with zero attached hydrogens (tertiary/aromatic N) is 1. The molecule has 1 amide bonds. The van der Waals surface area contributed by atoms with Crippen molar-refractivity contribution in [3.8, 4) is 0 Å². The lowest BCUT2D eigenvalue weighted by atomic mass is 10.1. The second kappa shape index (κ2) is 7.05. The van der Waals surface area contributed by atoms with Gasteiger partial charge in [0.1, 0.15) is 4.32 Å². The Labute approximate surface area is 155 Å². The lowest BCUT2D eigenvalue weighted by Crippen LogP contribution is -2.32. The van der Waals surface area contributed by atoms with E-state index in [1.165, 1.54) is 16.7 Å². The predicted molar refractivity (Wildman–Crippen MR) is 103 cm³/mol. The molecular formula is C18H14ClNO2S2. The van der Waals surface area contributed by atoms with E-state index in [2.05, 4.69) is 0 Å². The van der Waals surface area contributed by atoms with Gasteiger partial charge in [-0.15, -0.1) is 0 Å². The molecule has 1 aliphatic rings. The number of hydrogen-bond donors (Lipinski definition) is 0. The number of halogens is 1. The summed E-state index contributed by atoms with van der Waals surface area (Å²) in [6.45, 7) is 1.98. The fourth-order valence-corrected chi connectivity index (χ4v) is 4.09. The first-order valence-electron chi connectivity index (χ1n) is 7.36. The second-order valence-electron chi connectivity index (χ2n) is 5.52. The van der Waals surface area contributed by atoms with Crippen molar-refractivity contribution < 1.29 is 9.59 Å². The zero-order chi connectivity index (χ0) is 17.3. The molecule has 1 atom stereocenters. The van der Waals surface area contributed by atoms with Crippen molar-refractivity contribution in [2.75, 3.05) is 4.90 Å². The van der Waals surface area contributed by atoms with Crippen LogP contribution in [-0.2, 0) is 4.79 Å². The Morgan fingerprint density at radius 3 is 2.42 bits per heavy atom. The largest absolute Gasteiger partial charge is 0.294 e. The van der Waals surface area contributed by atoms with Crippen LogP contribution in [0, 0.1) is 6.92 Å². The first-order chi connectivity index (χ1) is 11.5. The minimum atomic E-state index is -0.484. The number of rotatable bonds is 4. The minimum absolute atomic E-state index is 0.0916. The van der Waals surface area contributed by atoms with E-state index in [9.17, 15) is 9.59 Å². The average molecular weight is 376 g/mol. The molecule has 0 N–H and O–H groups in total. The summed E-state index contributed by atoms with van der Waals surface area (Å²) in [5.41, 5.74) is 2.40. The van der Waals surface area contributed by atoms with Gasteiger partial charge in [0.2, 0.25) is 5.91 Å². The molecule has 24 heavy (non-hydrogen) atoms. The van der Waals surface area contributed by atoms with Crippen LogP contribution < -0.4 is 4.90 Å². The number of amides is 1. The molecule has 1 saturated heterocycles.